The molecule has 0 aliphatic heterocycles. The van der Waals surface area contributed by atoms with Crippen molar-refractivity contribution in [3.8, 4) is 22.5 Å². The summed E-state index contributed by atoms with van der Waals surface area (Å²) in [5.41, 5.74) is 7.33. The zero-order valence-corrected chi connectivity index (χ0v) is 35.3. The third-order valence-corrected chi connectivity index (χ3v) is 10.3. The Morgan fingerprint density at radius 1 is 0.477 bits per heavy atom. The Morgan fingerprint density at radius 2 is 0.831 bits per heavy atom. The fraction of sp³-hybridized carbons (Fsp3) is 0.0943. The molecule has 0 fully saturated rings. The number of carbonyl (C=O) groups is 4. The number of nitrogens with zero attached hydrogens (tertiary/aromatic N) is 4. The molecule has 2 heterocycles. The minimum atomic E-state index is -0.960. The van der Waals surface area contributed by atoms with Crippen LogP contribution < -0.4 is 10.6 Å². The second-order valence-corrected chi connectivity index (χ2v) is 14.8. The van der Waals surface area contributed by atoms with Gasteiger partial charge in [0.2, 0.25) is 0 Å². The largest absolute Gasteiger partial charge is 0.480 e. The number of ether oxygens (including phenoxy) is 1. The van der Waals surface area contributed by atoms with Gasteiger partial charge in [-0.15, -0.1) is 0 Å². The van der Waals surface area contributed by atoms with E-state index in [1.807, 2.05) is 121 Å². The van der Waals surface area contributed by atoms with Crippen molar-refractivity contribution in [2.45, 2.75) is 24.9 Å². The molecule has 0 amide bonds. The number of hydrogen-bond donors (Lipinski definition) is 3. The van der Waals surface area contributed by atoms with Gasteiger partial charge in [0.1, 0.15) is 36.4 Å². The molecule has 6 aromatic carbocycles. The molecule has 0 aliphatic carbocycles. The summed E-state index contributed by atoms with van der Waals surface area (Å²) < 4.78 is 4.97. The summed E-state index contributed by atoms with van der Waals surface area (Å²) in [4.78, 5) is 66.4. The van der Waals surface area contributed by atoms with Crippen molar-refractivity contribution in [1.29, 1.82) is 0 Å². The van der Waals surface area contributed by atoms with Crippen LogP contribution >= 0.6 is 0 Å². The highest BCUT2D eigenvalue weighted by Gasteiger charge is 2.21. The van der Waals surface area contributed by atoms with Crippen LogP contribution in [0.25, 0.3) is 22.5 Å². The molecule has 2 aromatic heterocycles. The fourth-order valence-electron chi connectivity index (χ4n) is 6.88. The Hall–Kier alpha value is -8.64. The maximum atomic E-state index is 12.6. The molecular weight excluding hydrogens is 817 g/mol. The summed E-state index contributed by atoms with van der Waals surface area (Å²) in [5.74, 6) is -0.486. The molecular formula is C53H44N6O6. The number of methoxy groups -OCH3 is 1. The van der Waals surface area contributed by atoms with E-state index < -0.39 is 18.1 Å². The van der Waals surface area contributed by atoms with Crippen molar-refractivity contribution in [2.24, 2.45) is 0 Å². The summed E-state index contributed by atoms with van der Waals surface area (Å²) in [7, 11) is 1.37. The Morgan fingerprint density at radius 3 is 1.22 bits per heavy atom. The van der Waals surface area contributed by atoms with E-state index in [4.69, 9.17) is 4.74 Å². The van der Waals surface area contributed by atoms with Gasteiger partial charge in [0.05, 0.1) is 18.5 Å². The van der Waals surface area contributed by atoms with Crippen molar-refractivity contribution >= 4 is 35.1 Å². The molecule has 2 atom stereocenters. The predicted octanol–water partition coefficient (Wildman–Crippen LogP) is 9.05. The van der Waals surface area contributed by atoms with Crippen LogP contribution in [0.3, 0.4) is 0 Å². The molecule has 0 saturated carbocycles. The maximum Gasteiger partial charge on any atom is 0.328 e. The first kappa shape index (κ1) is 44.4. The van der Waals surface area contributed by atoms with Crippen LogP contribution in [0.2, 0.25) is 0 Å². The van der Waals surface area contributed by atoms with E-state index in [1.165, 1.54) is 19.8 Å². The number of aromatic nitrogens is 4. The number of anilines is 2. The molecule has 12 heteroatoms. The van der Waals surface area contributed by atoms with Crippen LogP contribution in [-0.2, 0) is 27.2 Å². The van der Waals surface area contributed by atoms with Gasteiger partial charge in [0, 0.05) is 58.4 Å². The number of carboxylic acids is 1. The van der Waals surface area contributed by atoms with Crippen molar-refractivity contribution in [3.63, 3.8) is 0 Å². The highest BCUT2D eigenvalue weighted by atomic mass is 16.5. The van der Waals surface area contributed by atoms with Gasteiger partial charge in [-0.25, -0.2) is 29.5 Å². The van der Waals surface area contributed by atoms with Crippen LogP contribution in [0, 0.1) is 0 Å². The van der Waals surface area contributed by atoms with Crippen LogP contribution in [-0.4, -0.2) is 67.7 Å². The van der Waals surface area contributed by atoms with E-state index in [1.54, 1.807) is 60.7 Å². The van der Waals surface area contributed by atoms with E-state index in [-0.39, 0.29) is 17.5 Å². The zero-order valence-electron chi connectivity index (χ0n) is 35.3. The fourth-order valence-corrected chi connectivity index (χ4v) is 6.88. The molecule has 0 saturated heterocycles. The van der Waals surface area contributed by atoms with Gasteiger partial charge in [-0.3, -0.25) is 9.59 Å². The smallest absolute Gasteiger partial charge is 0.328 e. The van der Waals surface area contributed by atoms with Crippen LogP contribution in [0.5, 0.6) is 0 Å². The standard InChI is InChI=1S/C27H23N3O3.C26H21N3O3/c1-33-27(32)24(16-19-8-4-2-5-9-19)30-25-17-23(28-18-29-25)20-12-14-22(15-13-20)26(31)21-10-6-3-7-11-21;30-25(20-9-5-2-6-10-20)21-13-11-19(12-14-21)22-16-24(28-17-27-22)29-23(26(31)32)15-18-7-3-1-4-8-18/h2-15,17-18,24H,16H2,1H3,(H,28,29,30);1-14,16-17,23H,15H2,(H,31,32)(H,27,28,29). The van der Waals surface area contributed by atoms with Crippen LogP contribution in [0.15, 0.2) is 195 Å². The molecule has 65 heavy (non-hydrogen) atoms. The first-order valence-electron chi connectivity index (χ1n) is 20.7. The van der Waals surface area contributed by atoms with E-state index in [0.29, 0.717) is 58.1 Å². The highest BCUT2D eigenvalue weighted by molar-refractivity contribution is 6.09. The second kappa shape index (κ2) is 21.9. The molecule has 0 radical (unpaired) electrons. The first-order chi connectivity index (χ1) is 31.7. The van der Waals surface area contributed by atoms with Gasteiger partial charge < -0.3 is 20.5 Å². The average Bonchev–Trinajstić information content (AvgIpc) is 3.37. The van der Waals surface area contributed by atoms with Gasteiger partial charge in [-0.05, 0) is 11.1 Å². The summed E-state index contributed by atoms with van der Waals surface area (Å²) >= 11 is 0. The van der Waals surface area contributed by atoms with E-state index in [0.717, 1.165) is 22.3 Å². The van der Waals surface area contributed by atoms with Gasteiger partial charge >= 0.3 is 11.9 Å². The lowest BCUT2D eigenvalue weighted by molar-refractivity contribution is -0.141. The Balaban J connectivity index is 0.000000194. The second-order valence-electron chi connectivity index (χ2n) is 14.8. The summed E-state index contributed by atoms with van der Waals surface area (Å²) in [6, 6.07) is 53.9. The van der Waals surface area contributed by atoms with Gasteiger partial charge in [0.15, 0.2) is 11.6 Å². The molecule has 322 valence electrons. The van der Waals surface area contributed by atoms with Crippen molar-refractivity contribution in [2.75, 3.05) is 17.7 Å². The minimum absolute atomic E-state index is 0.0333. The van der Waals surface area contributed by atoms with E-state index in [9.17, 15) is 24.3 Å². The number of carbonyl (C=O) groups excluding carboxylic acids is 3. The van der Waals surface area contributed by atoms with Crippen LogP contribution in [0.4, 0.5) is 11.6 Å². The van der Waals surface area contributed by atoms with Crippen molar-refractivity contribution in [1.82, 2.24) is 19.9 Å². The lowest BCUT2D eigenvalue weighted by atomic mass is 10.0. The van der Waals surface area contributed by atoms with E-state index >= 15 is 0 Å². The Kier molecular flexibility index (Phi) is 15.0. The summed E-state index contributed by atoms with van der Waals surface area (Å²) in [6.45, 7) is 0. The number of aliphatic carboxylic acids is 1. The summed E-state index contributed by atoms with van der Waals surface area (Å²) in [5, 5.41) is 15.8. The van der Waals surface area contributed by atoms with Crippen molar-refractivity contribution in [3.05, 3.63) is 228 Å². The topological polar surface area (TPSA) is 173 Å². The average molecular weight is 861 g/mol. The molecule has 2 unspecified atom stereocenters. The van der Waals surface area contributed by atoms with Crippen molar-refractivity contribution < 1.29 is 29.0 Å². The molecule has 0 bridgehead atoms. The quantitative estimate of drug-likeness (QED) is 0.0623. The lowest BCUT2D eigenvalue weighted by Gasteiger charge is -2.17. The Bertz CT molecular complexity index is 2830. The number of carboxylic acid groups (broad SMARTS) is 1. The highest BCUT2D eigenvalue weighted by Crippen LogP contribution is 2.23. The SMILES string of the molecule is COC(=O)C(Cc1ccccc1)Nc1cc(-c2ccc(C(=O)c3ccccc3)cc2)ncn1.O=C(c1ccccc1)c1ccc(-c2cc(NC(Cc3ccccc3)C(=O)O)ncn2)cc1. The monoisotopic (exact) mass is 860 g/mol. The molecule has 0 spiro atoms. The Labute approximate surface area is 376 Å². The molecule has 12 nitrogen and oxygen atoms in total. The first-order valence-corrected chi connectivity index (χ1v) is 20.7. The molecule has 8 rings (SSSR count). The molecule has 3 N–H and O–H groups in total. The van der Waals surface area contributed by atoms with Crippen LogP contribution in [0.1, 0.15) is 43.0 Å². The minimum Gasteiger partial charge on any atom is -0.480 e. The maximum absolute atomic E-state index is 12.6. The van der Waals surface area contributed by atoms with Gasteiger partial charge in [0.25, 0.3) is 0 Å². The van der Waals surface area contributed by atoms with Gasteiger partial charge in [-0.1, -0.05) is 170 Å². The number of nitrogens with one attached hydrogen (secondary N) is 2. The number of esters is 1. The molecule has 0 aliphatic rings. The summed E-state index contributed by atoms with van der Waals surface area (Å²) in [6.07, 6.45) is 3.62. The third kappa shape index (κ3) is 12.3. The number of benzene rings is 6. The number of rotatable bonds is 16. The zero-order chi connectivity index (χ0) is 45.4. The molecule has 8 aromatic rings. The normalized spacial score (nSPS) is 11.5. The van der Waals surface area contributed by atoms with E-state index in [2.05, 4.69) is 30.6 Å². The lowest BCUT2D eigenvalue weighted by Crippen LogP contribution is -2.33. The number of hydrogen-bond acceptors (Lipinski definition) is 11. The van der Waals surface area contributed by atoms with Gasteiger partial charge in [-0.2, -0.15) is 0 Å². The predicted molar refractivity (Wildman–Crippen MR) is 249 cm³/mol. The number of ketones is 2. The third-order valence-electron chi connectivity index (χ3n) is 10.3.